The summed E-state index contributed by atoms with van der Waals surface area (Å²) in [6, 6.07) is 5.38. The second kappa shape index (κ2) is 7.13. The number of hydrogen-bond donors (Lipinski definition) is 1. The topological polar surface area (TPSA) is 71.5 Å². The van der Waals surface area contributed by atoms with Gasteiger partial charge in [0.05, 0.1) is 12.2 Å². The number of hydrogen-bond acceptors (Lipinski definition) is 5. The van der Waals surface area contributed by atoms with Crippen molar-refractivity contribution in [1.82, 2.24) is 15.2 Å². The van der Waals surface area contributed by atoms with E-state index in [0.29, 0.717) is 12.3 Å². The fourth-order valence-corrected chi connectivity index (χ4v) is 3.77. The number of rotatable bonds is 6. The Labute approximate surface area is 155 Å². The lowest BCUT2D eigenvalue weighted by atomic mass is 9.91. The van der Waals surface area contributed by atoms with Crippen LogP contribution < -0.4 is 5.32 Å². The molecule has 138 valence electrons. The molecular formula is C18H20FN3O3S. The predicted molar refractivity (Wildman–Crippen MR) is 95.0 cm³/mol. The number of carbonyl (C=O) groups excluding carboxylic acids is 2. The standard InChI is InChI=1S/C18H20FN3O3S/c1-4-25-11(2)15-20-12(10-26-15)9-22-16(23)18(3,21-17(22)24)13-7-5-6-8-14(13)19/h5-8,10-11H,4,9H2,1-3H3,(H,21,24). The third-order valence-electron chi connectivity index (χ3n) is 4.34. The maximum absolute atomic E-state index is 14.2. The number of nitrogens with zero attached hydrogens (tertiary/aromatic N) is 2. The van der Waals surface area contributed by atoms with Gasteiger partial charge < -0.3 is 10.1 Å². The lowest BCUT2D eigenvalue weighted by Crippen LogP contribution is -2.41. The lowest BCUT2D eigenvalue weighted by Gasteiger charge is -2.22. The summed E-state index contributed by atoms with van der Waals surface area (Å²) in [5, 5.41) is 5.18. The van der Waals surface area contributed by atoms with Gasteiger partial charge >= 0.3 is 6.03 Å². The van der Waals surface area contributed by atoms with Crippen LogP contribution in [0.2, 0.25) is 0 Å². The van der Waals surface area contributed by atoms with Crippen LogP contribution in [0.15, 0.2) is 29.6 Å². The Hall–Kier alpha value is -2.32. The molecule has 2 atom stereocenters. The van der Waals surface area contributed by atoms with E-state index < -0.39 is 23.3 Å². The van der Waals surface area contributed by atoms with Crippen molar-refractivity contribution in [3.63, 3.8) is 0 Å². The molecule has 0 bridgehead atoms. The number of nitrogens with one attached hydrogen (secondary N) is 1. The van der Waals surface area contributed by atoms with Crippen molar-refractivity contribution >= 4 is 23.3 Å². The van der Waals surface area contributed by atoms with Crippen LogP contribution in [0.25, 0.3) is 0 Å². The SMILES string of the molecule is CCOC(C)c1nc(CN2C(=O)NC(C)(c3ccccc3F)C2=O)cs1. The van der Waals surface area contributed by atoms with Gasteiger partial charge in [0.1, 0.15) is 22.5 Å². The number of benzene rings is 1. The number of imide groups is 1. The molecule has 0 radical (unpaired) electrons. The van der Waals surface area contributed by atoms with Crippen LogP contribution in [0.5, 0.6) is 0 Å². The maximum atomic E-state index is 14.2. The quantitative estimate of drug-likeness (QED) is 0.784. The van der Waals surface area contributed by atoms with Gasteiger partial charge in [-0.2, -0.15) is 0 Å². The van der Waals surface area contributed by atoms with Crippen molar-refractivity contribution < 1.29 is 18.7 Å². The first-order chi connectivity index (χ1) is 12.4. The number of aromatic nitrogens is 1. The van der Waals surface area contributed by atoms with Crippen LogP contribution in [0.3, 0.4) is 0 Å². The van der Waals surface area contributed by atoms with Gasteiger partial charge in [0.2, 0.25) is 0 Å². The van der Waals surface area contributed by atoms with Gasteiger partial charge in [-0.15, -0.1) is 11.3 Å². The molecule has 1 aliphatic heterocycles. The predicted octanol–water partition coefficient (Wildman–Crippen LogP) is 3.35. The Balaban J connectivity index is 1.81. The summed E-state index contributed by atoms with van der Waals surface area (Å²) in [6.45, 7) is 5.92. The van der Waals surface area contributed by atoms with Gasteiger partial charge in [0.25, 0.3) is 5.91 Å². The van der Waals surface area contributed by atoms with Crippen molar-refractivity contribution in [1.29, 1.82) is 0 Å². The average Bonchev–Trinajstić information content (AvgIpc) is 3.15. The Bertz CT molecular complexity index is 841. The molecule has 26 heavy (non-hydrogen) atoms. The molecule has 1 aliphatic rings. The molecule has 0 aliphatic carbocycles. The van der Waals surface area contributed by atoms with E-state index in [1.807, 2.05) is 13.8 Å². The normalized spacial score (nSPS) is 21.2. The van der Waals surface area contributed by atoms with Crippen LogP contribution in [0.4, 0.5) is 9.18 Å². The van der Waals surface area contributed by atoms with E-state index in [2.05, 4.69) is 10.3 Å². The molecule has 1 aromatic carbocycles. The largest absolute Gasteiger partial charge is 0.372 e. The Morgan fingerprint density at radius 3 is 2.81 bits per heavy atom. The summed E-state index contributed by atoms with van der Waals surface area (Å²) in [7, 11) is 0. The third-order valence-corrected chi connectivity index (χ3v) is 5.40. The molecule has 0 spiro atoms. The Kier molecular flexibility index (Phi) is 5.06. The minimum absolute atomic E-state index is 0.0318. The minimum atomic E-state index is -1.43. The van der Waals surface area contributed by atoms with Gasteiger partial charge in [-0.1, -0.05) is 18.2 Å². The lowest BCUT2D eigenvalue weighted by molar-refractivity contribution is -0.131. The molecule has 2 heterocycles. The summed E-state index contributed by atoms with van der Waals surface area (Å²) >= 11 is 1.42. The molecule has 8 heteroatoms. The van der Waals surface area contributed by atoms with E-state index in [-0.39, 0.29) is 18.2 Å². The average molecular weight is 377 g/mol. The van der Waals surface area contributed by atoms with E-state index >= 15 is 0 Å². The Morgan fingerprint density at radius 1 is 1.38 bits per heavy atom. The molecular weight excluding hydrogens is 357 g/mol. The molecule has 2 unspecified atom stereocenters. The van der Waals surface area contributed by atoms with Crippen molar-refractivity contribution in [3.05, 3.63) is 51.7 Å². The fraction of sp³-hybridized carbons (Fsp3) is 0.389. The molecule has 1 saturated heterocycles. The monoisotopic (exact) mass is 377 g/mol. The number of thiazole rings is 1. The number of carbonyl (C=O) groups is 2. The van der Waals surface area contributed by atoms with Crippen molar-refractivity contribution in [3.8, 4) is 0 Å². The van der Waals surface area contributed by atoms with Crippen LogP contribution in [-0.4, -0.2) is 28.4 Å². The maximum Gasteiger partial charge on any atom is 0.325 e. The van der Waals surface area contributed by atoms with Gasteiger partial charge in [-0.05, 0) is 26.8 Å². The second-order valence-electron chi connectivity index (χ2n) is 6.20. The molecule has 1 N–H and O–H groups in total. The molecule has 3 rings (SSSR count). The highest BCUT2D eigenvalue weighted by Gasteiger charge is 2.50. The number of urea groups is 1. The number of amides is 3. The van der Waals surface area contributed by atoms with Crippen LogP contribution in [0.1, 0.15) is 43.1 Å². The summed E-state index contributed by atoms with van der Waals surface area (Å²) in [5.41, 5.74) is -0.692. The molecule has 1 aromatic heterocycles. The third kappa shape index (κ3) is 3.22. The summed E-state index contributed by atoms with van der Waals surface area (Å²) in [6.07, 6.45) is -0.148. The zero-order chi connectivity index (χ0) is 18.9. The summed E-state index contributed by atoms with van der Waals surface area (Å²) < 4.78 is 19.7. The zero-order valence-electron chi connectivity index (χ0n) is 14.8. The highest BCUT2D eigenvalue weighted by molar-refractivity contribution is 7.09. The molecule has 1 fully saturated rings. The highest BCUT2D eigenvalue weighted by atomic mass is 32.1. The van der Waals surface area contributed by atoms with E-state index in [1.165, 1.54) is 36.5 Å². The smallest absolute Gasteiger partial charge is 0.325 e. The van der Waals surface area contributed by atoms with Gasteiger partial charge in [0.15, 0.2) is 0 Å². The first-order valence-electron chi connectivity index (χ1n) is 8.31. The van der Waals surface area contributed by atoms with Crippen molar-refractivity contribution in [2.75, 3.05) is 6.61 Å². The summed E-state index contributed by atoms with van der Waals surface area (Å²) in [4.78, 5) is 30.7. The van der Waals surface area contributed by atoms with Crippen LogP contribution in [0, 0.1) is 5.82 Å². The van der Waals surface area contributed by atoms with Crippen LogP contribution >= 0.6 is 11.3 Å². The van der Waals surface area contributed by atoms with E-state index in [0.717, 1.165) is 9.91 Å². The molecule has 0 saturated carbocycles. The minimum Gasteiger partial charge on any atom is -0.372 e. The fourth-order valence-electron chi connectivity index (χ4n) is 2.96. The van der Waals surface area contributed by atoms with Gasteiger partial charge in [0, 0.05) is 17.6 Å². The zero-order valence-corrected chi connectivity index (χ0v) is 15.6. The van der Waals surface area contributed by atoms with Gasteiger partial charge in [-0.3, -0.25) is 9.69 Å². The molecule has 3 amide bonds. The van der Waals surface area contributed by atoms with Gasteiger partial charge in [-0.25, -0.2) is 14.2 Å². The van der Waals surface area contributed by atoms with Crippen molar-refractivity contribution in [2.24, 2.45) is 0 Å². The highest BCUT2D eigenvalue weighted by Crippen LogP contribution is 2.31. The molecule has 2 aromatic rings. The van der Waals surface area contributed by atoms with E-state index in [1.54, 1.807) is 11.4 Å². The van der Waals surface area contributed by atoms with Crippen molar-refractivity contribution in [2.45, 2.75) is 39.0 Å². The van der Waals surface area contributed by atoms with E-state index in [9.17, 15) is 14.0 Å². The molecule has 6 nitrogen and oxygen atoms in total. The first kappa shape index (κ1) is 18.5. The number of ether oxygens (including phenoxy) is 1. The van der Waals surface area contributed by atoms with Crippen LogP contribution in [-0.2, 0) is 21.6 Å². The second-order valence-corrected chi connectivity index (χ2v) is 7.09. The Morgan fingerprint density at radius 2 is 2.12 bits per heavy atom. The first-order valence-corrected chi connectivity index (χ1v) is 9.19. The summed E-state index contributed by atoms with van der Waals surface area (Å²) in [5.74, 6) is -1.04. The number of halogens is 1. The van der Waals surface area contributed by atoms with E-state index in [4.69, 9.17) is 4.74 Å².